The fraction of sp³-hybridized carbons (Fsp3) is 0.400. The van der Waals surface area contributed by atoms with E-state index in [0.717, 1.165) is 23.4 Å². The van der Waals surface area contributed by atoms with Crippen molar-refractivity contribution >= 4 is 11.3 Å². The summed E-state index contributed by atoms with van der Waals surface area (Å²) in [6, 6.07) is 5.41. The number of thiazole rings is 1. The molecule has 0 fully saturated rings. The lowest BCUT2D eigenvalue weighted by atomic mass is 10.1. The van der Waals surface area contributed by atoms with Gasteiger partial charge >= 0.3 is 0 Å². The number of aryl methyl sites for hydroxylation is 3. The summed E-state index contributed by atoms with van der Waals surface area (Å²) in [6.07, 6.45) is 3.45. The maximum absolute atomic E-state index is 13.7. The van der Waals surface area contributed by atoms with E-state index < -0.39 is 0 Å². The molecule has 1 aromatic heterocycles. The van der Waals surface area contributed by atoms with Crippen molar-refractivity contribution < 1.29 is 4.39 Å². The Morgan fingerprint density at radius 3 is 2.89 bits per heavy atom. The van der Waals surface area contributed by atoms with E-state index in [4.69, 9.17) is 4.98 Å². The minimum absolute atomic E-state index is 0.00861. The molecule has 0 saturated carbocycles. The standard InChI is InChI=1S/C15H17FN2S/c1-9-6-7-10(8-11(9)16)14(17-2)15-18-12-4-3-5-13(12)19-15/h6-8,14,17H,3-5H2,1-2H3. The van der Waals surface area contributed by atoms with E-state index in [1.54, 1.807) is 24.3 Å². The van der Waals surface area contributed by atoms with Crippen LogP contribution in [0.2, 0.25) is 0 Å². The molecule has 1 aliphatic rings. The van der Waals surface area contributed by atoms with Crippen LogP contribution in [0.5, 0.6) is 0 Å². The highest BCUT2D eigenvalue weighted by Crippen LogP contribution is 2.33. The number of halogens is 1. The predicted octanol–water partition coefficient (Wildman–Crippen LogP) is 3.39. The zero-order chi connectivity index (χ0) is 13.4. The molecule has 100 valence electrons. The van der Waals surface area contributed by atoms with Crippen molar-refractivity contribution in [2.24, 2.45) is 0 Å². The van der Waals surface area contributed by atoms with Crippen molar-refractivity contribution in [1.29, 1.82) is 0 Å². The van der Waals surface area contributed by atoms with E-state index in [0.29, 0.717) is 5.56 Å². The lowest BCUT2D eigenvalue weighted by molar-refractivity contribution is 0.607. The van der Waals surface area contributed by atoms with Crippen molar-refractivity contribution in [3.8, 4) is 0 Å². The molecule has 1 heterocycles. The summed E-state index contributed by atoms with van der Waals surface area (Å²) >= 11 is 1.76. The zero-order valence-corrected chi connectivity index (χ0v) is 12.0. The first-order valence-corrected chi connectivity index (χ1v) is 7.42. The number of hydrogen-bond donors (Lipinski definition) is 1. The smallest absolute Gasteiger partial charge is 0.126 e. The molecule has 0 spiro atoms. The SMILES string of the molecule is CNC(c1ccc(C)c(F)c1)c1nc2c(s1)CCC2. The van der Waals surface area contributed by atoms with Gasteiger partial charge in [-0.25, -0.2) is 9.37 Å². The number of benzene rings is 1. The predicted molar refractivity (Wildman–Crippen MR) is 76.2 cm³/mol. The van der Waals surface area contributed by atoms with E-state index >= 15 is 0 Å². The summed E-state index contributed by atoms with van der Waals surface area (Å²) in [4.78, 5) is 6.13. The summed E-state index contributed by atoms with van der Waals surface area (Å²) in [6.45, 7) is 1.78. The number of nitrogens with one attached hydrogen (secondary N) is 1. The van der Waals surface area contributed by atoms with E-state index in [9.17, 15) is 4.39 Å². The van der Waals surface area contributed by atoms with Crippen LogP contribution in [0.15, 0.2) is 18.2 Å². The van der Waals surface area contributed by atoms with Crippen LogP contribution in [0.25, 0.3) is 0 Å². The topological polar surface area (TPSA) is 24.9 Å². The van der Waals surface area contributed by atoms with Crippen LogP contribution in [0.1, 0.15) is 39.2 Å². The molecule has 2 nitrogen and oxygen atoms in total. The fourth-order valence-electron chi connectivity index (χ4n) is 2.56. The molecular weight excluding hydrogens is 259 g/mol. The summed E-state index contributed by atoms with van der Waals surface area (Å²) < 4.78 is 13.7. The highest BCUT2D eigenvalue weighted by Gasteiger charge is 2.22. The van der Waals surface area contributed by atoms with Crippen molar-refractivity contribution in [2.45, 2.75) is 32.2 Å². The molecule has 0 saturated heterocycles. The van der Waals surface area contributed by atoms with Crippen molar-refractivity contribution in [2.75, 3.05) is 7.05 Å². The number of aromatic nitrogens is 1. The maximum atomic E-state index is 13.7. The molecule has 1 unspecified atom stereocenters. The first-order valence-electron chi connectivity index (χ1n) is 6.61. The van der Waals surface area contributed by atoms with Crippen LogP contribution >= 0.6 is 11.3 Å². The van der Waals surface area contributed by atoms with E-state index in [1.165, 1.54) is 17.0 Å². The third kappa shape index (κ3) is 2.30. The lowest BCUT2D eigenvalue weighted by Gasteiger charge is -2.14. The molecule has 0 radical (unpaired) electrons. The van der Waals surface area contributed by atoms with Gasteiger partial charge in [0.05, 0.1) is 11.7 Å². The van der Waals surface area contributed by atoms with Crippen LogP contribution in [0.4, 0.5) is 4.39 Å². The quantitative estimate of drug-likeness (QED) is 0.929. The van der Waals surface area contributed by atoms with E-state index in [1.807, 2.05) is 19.2 Å². The second-order valence-corrected chi connectivity index (χ2v) is 6.12. The van der Waals surface area contributed by atoms with Gasteiger partial charge in [0.2, 0.25) is 0 Å². The Morgan fingerprint density at radius 2 is 2.21 bits per heavy atom. The average Bonchev–Trinajstić information content (AvgIpc) is 2.95. The molecule has 3 rings (SSSR count). The number of hydrogen-bond acceptors (Lipinski definition) is 3. The van der Waals surface area contributed by atoms with Gasteiger partial charge < -0.3 is 5.32 Å². The Hall–Kier alpha value is -1.26. The van der Waals surface area contributed by atoms with Gasteiger partial charge in [0.15, 0.2) is 0 Å². The Labute approximate surface area is 116 Å². The molecular formula is C15H17FN2S. The Balaban J connectivity index is 1.96. The summed E-state index contributed by atoms with van der Waals surface area (Å²) in [5, 5.41) is 4.30. The third-order valence-electron chi connectivity index (χ3n) is 3.68. The largest absolute Gasteiger partial charge is 0.307 e. The molecule has 0 bridgehead atoms. The van der Waals surface area contributed by atoms with Crippen LogP contribution in [0, 0.1) is 12.7 Å². The number of fused-ring (bicyclic) bond motifs is 1. The summed E-state index contributed by atoms with van der Waals surface area (Å²) in [5.74, 6) is -0.151. The van der Waals surface area contributed by atoms with Crippen molar-refractivity contribution in [1.82, 2.24) is 10.3 Å². The molecule has 4 heteroatoms. The maximum Gasteiger partial charge on any atom is 0.126 e. The highest BCUT2D eigenvalue weighted by molar-refractivity contribution is 7.11. The van der Waals surface area contributed by atoms with Crippen molar-refractivity contribution in [3.63, 3.8) is 0 Å². The third-order valence-corrected chi connectivity index (χ3v) is 4.90. The first kappa shape index (κ1) is 12.8. The second kappa shape index (κ2) is 5.02. The number of nitrogens with zero attached hydrogens (tertiary/aromatic N) is 1. The van der Waals surface area contributed by atoms with E-state index in [-0.39, 0.29) is 11.9 Å². The number of rotatable bonds is 3. The normalized spacial score (nSPS) is 15.5. The second-order valence-electron chi connectivity index (χ2n) is 5.01. The molecule has 0 amide bonds. The van der Waals surface area contributed by atoms with Crippen molar-refractivity contribution in [3.05, 3.63) is 50.7 Å². The molecule has 1 aromatic carbocycles. The van der Waals surface area contributed by atoms with Crippen LogP contribution in [0.3, 0.4) is 0 Å². The van der Waals surface area contributed by atoms with Crippen LogP contribution in [-0.2, 0) is 12.8 Å². The molecule has 1 atom stereocenters. The molecule has 1 N–H and O–H groups in total. The molecule has 19 heavy (non-hydrogen) atoms. The minimum atomic E-state index is -0.151. The Kier molecular flexibility index (Phi) is 3.37. The zero-order valence-electron chi connectivity index (χ0n) is 11.2. The summed E-state index contributed by atoms with van der Waals surface area (Å²) in [7, 11) is 1.90. The van der Waals surface area contributed by atoms with Gasteiger partial charge in [0.25, 0.3) is 0 Å². The van der Waals surface area contributed by atoms with Gasteiger partial charge in [-0.1, -0.05) is 12.1 Å². The lowest BCUT2D eigenvalue weighted by Crippen LogP contribution is -2.17. The van der Waals surface area contributed by atoms with Gasteiger partial charge in [0, 0.05) is 4.88 Å². The van der Waals surface area contributed by atoms with Crippen LogP contribution < -0.4 is 5.32 Å². The monoisotopic (exact) mass is 276 g/mol. The minimum Gasteiger partial charge on any atom is -0.307 e. The molecule has 0 aliphatic heterocycles. The van der Waals surface area contributed by atoms with Gasteiger partial charge in [-0.05, 0) is 50.4 Å². The van der Waals surface area contributed by atoms with Gasteiger partial charge in [-0.2, -0.15) is 0 Å². The van der Waals surface area contributed by atoms with Gasteiger partial charge in [-0.3, -0.25) is 0 Å². The highest BCUT2D eigenvalue weighted by atomic mass is 32.1. The Morgan fingerprint density at radius 1 is 1.37 bits per heavy atom. The van der Waals surface area contributed by atoms with Gasteiger partial charge in [0.1, 0.15) is 10.8 Å². The first-order chi connectivity index (χ1) is 9.19. The Bertz CT molecular complexity index is 585. The van der Waals surface area contributed by atoms with E-state index in [2.05, 4.69) is 5.32 Å². The van der Waals surface area contributed by atoms with Crippen LogP contribution in [-0.4, -0.2) is 12.0 Å². The average molecular weight is 276 g/mol. The molecule has 2 aromatic rings. The van der Waals surface area contributed by atoms with Gasteiger partial charge in [-0.15, -0.1) is 11.3 Å². The molecule has 1 aliphatic carbocycles. The summed E-state index contributed by atoms with van der Waals surface area (Å²) in [5.41, 5.74) is 2.87. The fourth-order valence-corrected chi connectivity index (χ4v) is 3.85.